The molecule has 9 heavy (non-hydrogen) atoms. The number of H-pyrrole nitrogens is 1. The lowest BCUT2D eigenvalue weighted by atomic mass is 10.3. The Morgan fingerprint density at radius 1 is 1.78 bits per heavy atom. The summed E-state index contributed by atoms with van der Waals surface area (Å²) in [5.74, 6) is 0. The maximum absolute atomic E-state index is 4.12. The van der Waals surface area contributed by atoms with Crippen molar-refractivity contribution >= 4 is 15.9 Å². The highest BCUT2D eigenvalue weighted by Gasteiger charge is 1.98. The molecule has 3 heteroatoms. The molecule has 0 fully saturated rings. The van der Waals surface area contributed by atoms with Crippen LogP contribution < -0.4 is 0 Å². The van der Waals surface area contributed by atoms with Crippen molar-refractivity contribution in [3.8, 4) is 0 Å². The van der Waals surface area contributed by atoms with Crippen LogP contribution in [-0.2, 0) is 11.8 Å². The highest BCUT2D eigenvalue weighted by atomic mass is 79.9. The molecule has 0 radical (unpaired) electrons. The Labute approximate surface area is 62.8 Å². The van der Waals surface area contributed by atoms with Crippen LogP contribution >= 0.6 is 15.9 Å². The number of aryl methyl sites for hydroxylation is 1. The largest absolute Gasteiger partial charge is 0.348 e. The molecule has 1 heterocycles. The van der Waals surface area contributed by atoms with Crippen LogP contribution in [-0.4, -0.2) is 9.97 Å². The summed E-state index contributed by atoms with van der Waals surface area (Å²) in [5.41, 5.74) is 2.35. The molecule has 0 saturated heterocycles. The van der Waals surface area contributed by atoms with Gasteiger partial charge in [-0.3, -0.25) is 0 Å². The van der Waals surface area contributed by atoms with Crippen molar-refractivity contribution in [2.75, 3.05) is 0 Å². The molecule has 0 aliphatic rings. The number of imidazole rings is 1. The van der Waals surface area contributed by atoms with E-state index in [-0.39, 0.29) is 0 Å². The predicted octanol–water partition coefficient (Wildman–Crippen LogP) is 1.87. The summed E-state index contributed by atoms with van der Waals surface area (Å²) in [7, 11) is 0. The second-order valence-electron chi connectivity index (χ2n) is 1.81. The fourth-order valence-corrected chi connectivity index (χ4v) is 1.26. The molecule has 1 N–H and O–H groups in total. The monoisotopic (exact) mass is 188 g/mol. The number of halogens is 1. The van der Waals surface area contributed by atoms with Crippen molar-refractivity contribution in [3.05, 3.63) is 17.7 Å². The van der Waals surface area contributed by atoms with Crippen LogP contribution in [0.25, 0.3) is 0 Å². The van der Waals surface area contributed by atoms with E-state index in [4.69, 9.17) is 0 Å². The number of alkyl halides is 1. The number of nitrogens with zero attached hydrogens (tertiary/aromatic N) is 1. The molecule has 50 valence electrons. The second-order valence-corrected chi connectivity index (χ2v) is 2.38. The van der Waals surface area contributed by atoms with Crippen molar-refractivity contribution < 1.29 is 0 Å². The molecular weight excluding hydrogens is 180 g/mol. The Kier molecular flexibility index (Phi) is 2.28. The van der Waals surface area contributed by atoms with Gasteiger partial charge in [0, 0.05) is 11.0 Å². The molecule has 0 atom stereocenters. The molecule has 1 aromatic heterocycles. The van der Waals surface area contributed by atoms with Crippen LogP contribution in [0, 0.1) is 0 Å². The summed E-state index contributed by atoms with van der Waals surface area (Å²) in [6.07, 6.45) is 2.74. The van der Waals surface area contributed by atoms with E-state index >= 15 is 0 Å². The van der Waals surface area contributed by atoms with Crippen molar-refractivity contribution in [3.63, 3.8) is 0 Å². The van der Waals surface area contributed by atoms with Gasteiger partial charge in [-0.15, -0.1) is 0 Å². The van der Waals surface area contributed by atoms with E-state index in [0.717, 1.165) is 17.4 Å². The van der Waals surface area contributed by atoms with Gasteiger partial charge in [-0.1, -0.05) is 22.9 Å². The third-order valence-electron chi connectivity index (χ3n) is 1.28. The zero-order valence-corrected chi connectivity index (χ0v) is 6.90. The van der Waals surface area contributed by atoms with E-state index in [2.05, 4.69) is 32.8 Å². The average Bonchev–Trinajstić information content (AvgIpc) is 2.33. The summed E-state index contributed by atoms with van der Waals surface area (Å²) in [6, 6.07) is 0. The van der Waals surface area contributed by atoms with Gasteiger partial charge in [-0.05, 0) is 6.42 Å². The number of aromatic amines is 1. The molecule has 1 rings (SSSR count). The Balaban J connectivity index is 2.85. The fourth-order valence-electron chi connectivity index (χ4n) is 0.770. The van der Waals surface area contributed by atoms with Crippen molar-refractivity contribution in [1.29, 1.82) is 0 Å². The lowest BCUT2D eigenvalue weighted by Crippen LogP contribution is -1.85. The highest BCUT2D eigenvalue weighted by Crippen LogP contribution is 2.06. The molecule has 2 nitrogen and oxygen atoms in total. The maximum atomic E-state index is 4.12. The van der Waals surface area contributed by atoms with Gasteiger partial charge in [0.2, 0.25) is 0 Å². The van der Waals surface area contributed by atoms with Crippen molar-refractivity contribution in [2.45, 2.75) is 18.7 Å². The van der Waals surface area contributed by atoms with Gasteiger partial charge in [0.1, 0.15) is 0 Å². The normalized spacial score (nSPS) is 10.0. The SMILES string of the molecule is CCc1nc[nH]c1CBr. The zero-order valence-electron chi connectivity index (χ0n) is 5.32. The van der Waals surface area contributed by atoms with Gasteiger partial charge >= 0.3 is 0 Å². The van der Waals surface area contributed by atoms with Crippen molar-refractivity contribution in [2.24, 2.45) is 0 Å². The standard InChI is InChI=1S/C6H9BrN2/c1-2-5-6(3-7)9-4-8-5/h4H,2-3H2,1H3,(H,8,9). The van der Waals surface area contributed by atoms with E-state index in [1.54, 1.807) is 6.33 Å². The summed E-state index contributed by atoms with van der Waals surface area (Å²) in [5, 5.41) is 0.871. The van der Waals surface area contributed by atoms with Crippen LogP contribution in [0.15, 0.2) is 6.33 Å². The maximum Gasteiger partial charge on any atom is 0.0925 e. The number of hydrogen-bond acceptors (Lipinski definition) is 1. The minimum atomic E-state index is 0.871. The van der Waals surface area contributed by atoms with Crippen LogP contribution in [0.3, 0.4) is 0 Å². The van der Waals surface area contributed by atoms with Gasteiger partial charge < -0.3 is 4.98 Å². The first kappa shape index (κ1) is 6.81. The van der Waals surface area contributed by atoms with Crippen LogP contribution in [0.2, 0.25) is 0 Å². The lowest BCUT2D eigenvalue weighted by molar-refractivity contribution is 1.04. The van der Waals surface area contributed by atoms with Gasteiger partial charge in [0.05, 0.1) is 12.0 Å². The molecule has 0 amide bonds. The van der Waals surface area contributed by atoms with Gasteiger partial charge in [-0.2, -0.15) is 0 Å². The Morgan fingerprint density at radius 3 is 3.00 bits per heavy atom. The first-order chi connectivity index (χ1) is 4.38. The Bertz CT molecular complexity index is 164. The summed E-state index contributed by atoms with van der Waals surface area (Å²) < 4.78 is 0. The highest BCUT2D eigenvalue weighted by molar-refractivity contribution is 9.08. The van der Waals surface area contributed by atoms with Crippen molar-refractivity contribution in [1.82, 2.24) is 9.97 Å². The Morgan fingerprint density at radius 2 is 2.56 bits per heavy atom. The number of aromatic nitrogens is 2. The first-order valence-corrected chi connectivity index (χ1v) is 4.07. The van der Waals surface area contributed by atoms with Crippen LogP contribution in [0.5, 0.6) is 0 Å². The molecule has 0 saturated carbocycles. The average molecular weight is 189 g/mol. The molecule has 1 aromatic rings. The topological polar surface area (TPSA) is 28.7 Å². The molecular formula is C6H9BrN2. The number of hydrogen-bond donors (Lipinski definition) is 1. The second kappa shape index (κ2) is 3.01. The molecule has 0 spiro atoms. The fraction of sp³-hybridized carbons (Fsp3) is 0.500. The quantitative estimate of drug-likeness (QED) is 0.706. The molecule has 0 aliphatic heterocycles. The molecule has 0 bridgehead atoms. The number of rotatable bonds is 2. The van der Waals surface area contributed by atoms with Crippen LogP contribution in [0.4, 0.5) is 0 Å². The van der Waals surface area contributed by atoms with Gasteiger partial charge in [0.15, 0.2) is 0 Å². The van der Waals surface area contributed by atoms with Gasteiger partial charge in [-0.25, -0.2) is 4.98 Å². The van der Waals surface area contributed by atoms with E-state index in [9.17, 15) is 0 Å². The van der Waals surface area contributed by atoms with E-state index < -0.39 is 0 Å². The number of nitrogens with one attached hydrogen (secondary N) is 1. The third kappa shape index (κ3) is 1.33. The van der Waals surface area contributed by atoms with E-state index in [0.29, 0.717) is 0 Å². The first-order valence-electron chi connectivity index (χ1n) is 2.95. The lowest BCUT2D eigenvalue weighted by Gasteiger charge is -1.90. The zero-order chi connectivity index (χ0) is 6.69. The third-order valence-corrected chi connectivity index (χ3v) is 1.84. The van der Waals surface area contributed by atoms with E-state index in [1.165, 1.54) is 5.69 Å². The minimum absolute atomic E-state index is 0.871. The van der Waals surface area contributed by atoms with Crippen LogP contribution in [0.1, 0.15) is 18.3 Å². The smallest absolute Gasteiger partial charge is 0.0925 e. The van der Waals surface area contributed by atoms with Gasteiger partial charge in [0.25, 0.3) is 0 Å². The minimum Gasteiger partial charge on any atom is -0.348 e. The van der Waals surface area contributed by atoms with E-state index in [1.807, 2.05) is 0 Å². The Hall–Kier alpha value is -0.310. The predicted molar refractivity (Wildman–Crippen MR) is 40.6 cm³/mol. The molecule has 0 unspecified atom stereocenters. The molecule has 0 aliphatic carbocycles. The summed E-state index contributed by atoms with van der Waals surface area (Å²) >= 11 is 3.36. The molecule has 0 aromatic carbocycles. The summed E-state index contributed by atoms with van der Waals surface area (Å²) in [6.45, 7) is 2.10. The summed E-state index contributed by atoms with van der Waals surface area (Å²) in [4.78, 5) is 7.17.